The lowest BCUT2D eigenvalue weighted by atomic mass is 10.1. The molecule has 1 rings (SSSR count). The lowest BCUT2D eigenvalue weighted by molar-refractivity contribution is -0.142. The Bertz CT molecular complexity index is 885. The summed E-state index contributed by atoms with van der Waals surface area (Å²) in [6, 6.07) is -4.38. The highest BCUT2D eigenvalue weighted by atomic mass is 32.2. The van der Waals surface area contributed by atoms with Gasteiger partial charge >= 0.3 is 5.97 Å². The van der Waals surface area contributed by atoms with Gasteiger partial charge in [0.2, 0.25) is 23.6 Å². The number of hydrogen-bond acceptors (Lipinski definition) is 9. The van der Waals surface area contributed by atoms with Crippen LogP contribution >= 0.6 is 11.8 Å². The maximum Gasteiger partial charge on any atom is 0.326 e. The van der Waals surface area contributed by atoms with Crippen molar-refractivity contribution in [2.75, 3.05) is 18.6 Å². The number of aromatic amines is 1. The molecule has 0 aliphatic carbocycles. The van der Waals surface area contributed by atoms with Gasteiger partial charge in [-0.3, -0.25) is 19.2 Å². The van der Waals surface area contributed by atoms with Crippen LogP contribution in [0.4, 0.5) is 0 Å². The van der Waals surface area contributed by atoms with Crippen molar-refractivity contribution in [1.82, 2.24) is 25.9 Å². The molecule has 0 aliphatic rings. The fraction of sp³-hybridized carbons (Fsp3) is 0.636. The molecule has 0 radical (unpaired) electrons. The molecular weight excluding hydrogens is 504 g/mol. The molecule has 1 aromatic rings. The number of H-pyrrole nitrogens is 1. The molecule has 4 amide bonds. The monoisotopic (exact) mass is 542 g/mol. The number of carboxylic acid groups (broad SMARTS) is 1. The molecule has 37 heavy (non-hydrogen) atoms. The largest absolute Gasteiger partial charge is 0.480 e. The maximum atomic E-state index is 13.2. The number of primary amides is 1. The Hall–Kier alpha value is -3.17. The zero-order chi connectivity index (χ0) is 27.8. The molecule has 11 N–H and O–H groups in total. The average Bonchev–Trinajstić information content (AvgIpc) is 3.36. The number of nitrogens with one attached hydrogen (secondary N) is 4. The summed E-state index contributed by atoms with van der Waals surface area (Å²) < 4.78 is 0. The zero-order valence-electron chi connectivity index (χ0n) is 20.9. The number of carbonyl (C=O) groups excluding carboxylic acids is 4. The number of carbonyl (C=O) groups is 5. The minimum Gasteiger partial charge on any atom is -0.480 e. The fourth-order valence-corrected chi connectivity index (χ4v) is 3.80. The number of hydrogen-bond donors (Lipinski definition) is 8. The molecule has 4 unspecified atom stereocenters. The molecule has 208 valence electrons. The van der Waals surface area contributed by atoms with Gasteiger partial charge < -0.3 is 43.2 Å². The lowest BCUT2D eigenvalue weighted by Gasteiger charge is -2.25. The summed E-state index contributed by atoms with van der Waals surface area (Å²) in [5.41, 5.74) is 16.9. The molecule has 0 fully saturated rings. The first-order valence-electron chi connectivity index (χ1n) is 11.9. The Morgan fingerprint density at radius 3 is 2.22 bits per heavy atom. The van der Waals surface area contributed by atoms with E-state index in [4.69, 9.17) is 17.2 Å². The van der Waals surface area contributed by atoms with E-state index in [9.17, 15) is 29.1 Å². The number of nitrogens with two attached hydrogens (primary N) is 3. The van der Waals surface area contributed by atoms with Gasteiger partial charge in [0.15, 0.2) is 0 Å². The lowest BCUT2D eigenvalue weighted by Crippen LogP contribution is -2.57. The second kappa shape index (κ2) is 17.3. The Morgan fingerprint density at radius 1 is 1.00 bits per heavy atom. The molecule has 0 saturated heterocycles. The molecule has 0 bridgehead atoms. The predicted molar refractivity (Wildman–Crippen MR) is 138 cm³/mol. The van der Waals surface area contributed by atoms with Crippen LogP contribution in [0.3, 0.4) is 0 Å². The summed E-state index contributed by atoms with van der Waals surface area (Å²) in [6.07, 6.45) is 6.21. The minimum absolute atomic E-state index is 0.000942. The van der Waals surface area contributed by atoms with E-state index in [0.717, 1.165) is 0 Å². The van der Waals surface area contributed by atoms with E-state index >= 15 is 0 Å². The van der Waals surface area contributed by atoms with Gasteiger partial charge in [-0.25, -0.2) is 9.78 Å². The van der Waals surface area contributed by atoms with Crippen molar-refractivity contribution >= 4 is 41.4 Å². The van der Waals surface area contributed by atoms with Gasteiger partial charge in [-0.05, 0) is 50.7 Å². The summed E-state index contributed by atoms with van der Waals surface area (Å²) in [5.74, 6) is -3.26. The molecule has 4 atom stereocenters. The van der Waals surface area contributed by atoms with Crippen LogP contribution in [0.2, 0.25) is 0 Å². The first kappa shape index (κ1) is 31.9. The average molecular weight is 543 g/mol. The minimum atomic E-state index is -1.19. The van der Waals surface area contributed by atoms with E-state index in [2.05, 4.69) is 25.9 Å². The Balaban J connectivity index is 2.98. The van der Waals surface area contributed by atoms with Crippen LogP contribution < -0.4 is 33.2 Å². The van der Waals surface area contributed by atoms with E-state index in [-0.39, 0.29) is 32.1 Å². The number of aliphatic carboxylic acids is 1. The molecule has 0 saturated carbocycles. The van der Waals surface area contributed by atoms with Crippen molar-refractivity contribution < 1.29 is 29.1 Å². The predicted octanol–water partition coefficient (Wildman–Crippen LogP) is -2.03. The summed E-state index contributed by atoms with van der Waals surface area (Å²) in [6.45, 7) is 0.405. The van der Waals surface area contributed by atoms with Crippen LogP contribution in [0.25, 0.3) is 0 Å². The molecule has 15 heteroatoms. The van der Waals surface area contributed by atoms with E-state index in [0.29, 0.717) is 30.8 Å². The highest BCUT2D eigenvalue weighted by molar-refractivity contribution is 7.98. The number of aromatic nitrogens is 2. The van der Waals surface area contributed by atoms with Gasteiger partial charge in [-0.15, -0.1) is 0 Å². The molecule has 1 heterocycles. The maximum absolute atomic E-state index is 13.2. The van der Waals surface area contributed by atoms with Crippen molar-refractivity contribution in [3.63, 3.8) is 0 Å². The zero-order valence-corrected chi connectivity index (χ0v) is 21.7. The summed E-state index contributed by atoms with van der Waals surface area (Å²) >= 11 is 1.45. The van der Waals surface area contributed by atoms with E-state index < -0.39 is 53.8 Å². The number of thioether (sulfide) groups is 1. The van der Waals surface area contributed by atoms with E-state index in [1.54, 1.807) is 0 Å². The number of nitrogens with zero attached hydrogens (tertiary/aromatic N) is 1. The third-order valence-electron chi connectivity index (χ3n) is 5.46. The SMILES string of the molecule is CSCCC(NC(=O)C(Cc1cnc[nH]1)NC(=O)C(N)CCC(N)=O)C(=O)NC(CCCCN)C(=O)O. The smallest absolute Gasteiger partial charge is 0.326 e. The summed E-state index contributed by atoms with van der Waals surface area (Å²) in [4.78, 5) is 68.1. The van der Waals surface area contributed by atoms with Gasteiger partial charge in [0.1, 0.15) is 18.1 Å². The quantitative estimate of drug-likeness (QED) is 0.0890. The number of unbranched alkanes of at least 4 members (excludes halogenated alkanes) is 1. The second-order valence-corrected chi connectivity index (χ2v) is 9.47. The van der Waals surface area contributed by atoms with Crippen LogP contribution in [0.5, 0.6) is 0 Å². The van der Waals surface area contributed by atoms with Gasteiger partial charge in [0, 0.05) is 24.7 Å². The van der Waals surface area contributed by atoms with Crippen LogP contribution in [-0.4, -0.2) is 87.4 Å². The Labute approximate surface area is 219 Å². The van der Waals surface area contributed by atoms with Crippen molar-refractivity contribution in [2.24, 2.45) is 17.2 Å². The molecule has 0 aromatic carbocycles. The van der Waals surface area contributed by atoms with Crippen LogP contribution in [0.1, 0.15) is 44.2 Å². The van der Waals surface area contributed by atoms with Crippen molar-refractivity contribution in [2.45, 2.75) is 69.1 Å². The molecule has 0 aliphatic heterocycles. The normalized spacial score (nSPS) is 14.1. The molecule has 1 aromatic heterocycles. The summed E-state index contributed by atoms with van der Waals surface area (Å²) in [7, 11) is 0. The van der Waals surface area contributed by atoms with Crippen molar-refractivity contribution in [1.29, 1.82) is 0 Å². The van der Waals surface area contributed by atoms with Crippen molar-refractivity contribution in [3.05, 3.63) is 18.2 Å². The highest BCUT2D eigenvalue weighted by Crippen LogP contribution is 2.07. The topological polar surface area (TPSA) is 248 Å². The number of carboxylic acids is 1. The Kier molecular flexibility index (Phi) is 14.9. The number of amides is 4. The molecular formula is C22H38N8O6S. The summed E-state index contributed by atoms with van der Waals surface area (Å²) in [5, 5.41) is 17.2. The first-order valence-corrected chi connectivity index (χ1v) is 13.3. The fourth-order valence-electron chi connectivity index (χ4n) is 3.33. The van der Waals surface area contributed by atoms with E-state index in [1.807, 2.05) is 6.26 Å². The van der Waals surface area contributed by atoms with Gasteiger partial charge in [0.25, 0.3) is 0 Å². The standard InChI is InChI=1S/C22H38N8O6S/c1-37-9-7-15(20(33)29-16(22(35)36)4-2-3-8-23)28-21(34)17(10-13-11-26-12-27-13)30-19(32)14(24)5-6-18(25)31/h11-12,14-17H,2-10,23-24H2,1H3,(H2,25,31)(H,26,27)(H,28,34)(H,29,33)(H,30,32)(H,35,36). The first-order chi connectivity index (χ1) is 17.6. The van der Waals surface area contributed by atoms with Gasteiger partial charge in [0.05, 0.1) is 12.4 Å². The third kappa shape index (κ3) is 12.6. The second-order valence-electron chi connectivity index (χ2n) is 8.48. The molecule has 0 spiro atoms. The number of rotatable bonds is 19. The molecule has 14 nitrogen and oxygen atoms in total. The highest BCUT2D eigenvalue weighted by Gasteiger charge is 2.30. The van der Waals surface area contributed by atoms with Gasteiger partial charge in [-0.1, -0.05) is 0 Å². The third-order valence-corrected chi connectivity index (χ3v) is 6.10. The van der Waals surface area contributed by atoms with Crippen LogP contribution in [-0.2, 0) is 30.4 Å². The van der Waals surface area contributed by atoms with E-state index in [1.165, 1.54) is 24.3 Å². The van der Waals surface area contributed by atoms with Crippen LogP contribution in [0, 0.1) is 0 Å². The number of imidazole rings is 1. The Morgan fingerprint density at radius 2 is 1.65 bits per heavy atom. The van der Waals surface area contributed by atoms with Crippen molar-refractivity contribution in [3.8, 4) is 0 Å². The van der Waals surface area contributed by atoms with Gasteiger partial charge in [-0.2, -0.15) is 11.8 Å². The van der Waals surface area contributed by atoms with Crippen LogP contribution in [0.15, 0.2) is 12.5 Å².